The van der Waals surface area contributed by atoms with Crippen LogP contribution < -0.4 is 24.5 Å². The first-order chi connectivity index (χ1) is 45.9. The molecule has 5 rings (SSSR count). The van der Waals surface area contributed by atoms with Crippen molar-refractivity contribution in [2.45, 2.75) is 87.5 Å². The monoisotopic (exact) mass is 1280 g/mol. The van der Waals surface area contributed by atoms with Gasteiger partial charge in [0.2, 0.25) is 0 Å². The third-order valence-electron chi connectivity index (χ3n) is 15.6. The average Bonchev–Trinajstić information content (AvgIpc) is 0.892. The lowest BCUT2D eigenvalue weighted by molar-refractivity contribution is -0.191. The molecule has 5 aromatic rings. The quantitative estimate of drug-likeness (QED) is 0.0160. The number of carbonyl (C=O) groups is 5. The highest BCUT2D eigenvalue weighted by Crippen LogP contribution is 2.26. The maximum absolute atomic E-state index is 14.9. The van der Waals surface area contributed by atoms with Gasteiger partial charge in [-0.25, -0.2) is 24.0 Å². The molecule has 95 heavy (non-hydrogen) atoms. The van der Waals surface area contributed by atoms with Crippen LogP contribution in [0.4, 0.5) is 28.4 Å². The lowest BCUT2D eigenvalue weighted by Gasteiger charge is -2.32. The van der Waals surface area contributed by atoms with Gasteiger partial charge in [-0.15, -0.1) is 0 Å². The Balaban J connectivity index is 1.76. The highest BCUT2D eigenvalue weighted by Gasteiger charge is 2.42. The Labute approximate surface area is 558 Å². The molecule has 0 aliphatic heterocycles. The van der Waals surface area contributed by atoms with Crippen LogP contribution in [-0.4, -0.2) is 127 Å². The third-order valence-corrected chi connectivity index (χ3v) is 15.6. The summed E-state index contributed by atoms with van der Waals surface area (Å²) in [6.07, 6.45) is -0.576. The molecule has 0 fully saturated rings. The van der Waals surface area contributed by atoms with Gasteiger partial charge in [0.15, 0.2) is 18.3 Å². The second-order valence-electron chi connectivity index (χ2n) is 21.1. The zero-order valence-electron chi connectivity index (χ0n) is 55.7. The highest BCUT2D eigenvalue weighted by atomic mass is 16.6. The third kappa shape index (κ3) is 21.3. The van der Waals surface area contributed by atoms with E-state index in [0.29, 0.717) is 93.3 Å². The Bertz CT molecular complexity index is 3580. The molecule has 0 amide bonds. The van der Waals surface area contributed by atoms with Crippen molar-refractivity contribution in [3.05, 3.63) is 177 Å². The molecule has 0 spiro atoms. The Morgan fingerprint density at radius 2 is 0.484 bits per heavy atom. The van der Waals surface area contributed by atoms with Crippen molar-refractivity contribution in [2.75, 3.05) is 103 Å². The number of rotatable bonds is 34. The van der Waals surface area contributed by atoms with Gasteiger partial charge in [0, 0.05) is 93.9 Å². The molecule has 0 aromatic heterocycles. The van der Waals surface area contributed by atoms with Crippen LogP contribution >= 0.6 is 0 Å². The largest absolute Gasteiger partial charge is 0.457 e. The molecular formula is C75H82N10O10. The first-order valence-corrected chi connectivity index (χ1v) is 31.8. The van der Waals surface area contributed by atoms with E-state index in [-0.39, 0.29) is 0 Å². The van der Waals surface area contributed by atoms with Crippen LogP contribution in [0.15, 0.2) is 149 Å². The molecule has 20 heteroatoms. The molecule has 5 aromatic carbocycles. The molecule has 0 radical (unpaired) electrons. The van der Waals surface area contributed by atoms with Gasteiger partial charge in [-0.1, -0.05) is 60.7 Å². The number of benzene rings is 5. The molecule has 0 saturated carbocycles. The summed E-state index contributed by atoms with van der Waals surface area (Å²) < 4.78 is 29.8. The van der Waals surface area contributed by atoms with Gasteiger partial charge in [0.1, 0.15) is 71.4 Å². The maximum atomic E-state index is 14.9. The molecule has 492 valence electrons. The van der Waals surface area contributed by atoms with Crippen molar-refractivity contribution >= 4 is 88.7 Å². The van der Waals surface area contributed by atoms with Gasteiger partial charge in [-0.3, -0.25) is 0 Å². The summed E-state index contributed by atoms with van der Waals surface area (Å²) in [7, 11) is 0. The van der Waals surface area contributed by atoms with Crippen LogP contribution in [-0.2, 0) is 47.7 Å². The highest BCUT2D eigenvalue weighted by molar-refractivity contribution is 6.01. The van der Waals surface area contributed by atoms with Crippen molar-refractivity contribution < 1.29 is 47.7 Å². The van der Waals surface area contributed by atoms with Crippen molar-refractivity contribution in [3.8, 4) is 30.3 Å². The van der Waals surface area contributed by atoms with Gasteiger partial charge in [-0.2, -0.15) is 26.3 Å². The molecule has 0 bridgehead atoms. The molecule has 2 atom stereocenters. The fourth-order valence-corrected chi connectivity index (χ4v) is 10.2. The minimum atomic E-state index is -2.32. The van der Waals surface area contributed by atoms with Gasteiger partial charge in [0.05, 0.1) is 0 Å². The fourth-order valence-electron chi connectivity index (χ4n) is 10.2. The van der Waals surface area contributed by atoms with Gasteiger partial charge < -0.3 is 48.2 Å². The lowest BCUT2D eigenvalue weighted by Crippen LogP contribution is -2.50. The summed E-state index contributed by atoms with van der Waals surface area (Å²) in [6, 6.07) is 43.8. The lowest BCUT2D eigenvalue weighted by atomic mass is 10.1. The Morgan fingerprint density at radius 1 is 0.305 bits per heavy atom. The topological polar surface area (TPSA) is 267 Å². The van der Waals surface area contributed by atoms with Crippen molar-refractivity contribution in [1.82, 2.24) is 0 Å². The number of anilines is 5. The van der Waals surface area contributed by atoms with Crippen LogP contribution in [0.2, 0.25) is 0 Å². The Hall–Kier alpha value is -11.4. The maximum Gasteiger partial charge on any atom is 0.349 e. The number of hydrogen-bond acceptors (Lipinski definition) is 20. The van der Waals surface area contributed by atoms with Crippen molar-refractivity contribution in [1.29, 1.82) is 26.3 Å². The zero-order valence-corrected chi connectivity index (χ0v) is 55.7. The second-order valence-corrected chi connectivity index (χ2v) is 21.1. The number of hydrogen-bond donors (Lipinski definition) is 0. The molecule has 0 aliphatic rings. The standard InChI is InChI=1S/C75H82N10O10/c1-11-81(12-2)63-31-21-53(22-32-63)41-58(46-76)71(86)91-51-68(93-73(88)60(48-78)43-55-25-35-65(36-26-55)83(15-5)16-6)70(95-75(90)62(50-80)45-57-29-39-67(40-30-57)85(19-9)20-10)69(94-74(89)61(49-79)44-56-27-37-66(38-28-56)84(17-7)18-8)52-92-72(87)59(47-77)42-54-23-33-64(34-24-54)82(13-3)14-4/h21-45,68-70H,11-20,51-52H2,1-10H3/b58-41+,59-42+,60-43+,61-44+,62-45+. The molecule has 0 N–H and O–H groups in total. The van der Waals surface area contributed by atoms with E-state index < -0.39 is 89.2 Å². The summed E-state index contributed by atoms with van der Waals surface area (Å²) >= 11 is 0. The normalized spacial score (nSPS) is 12.5. The Kier molecular flexibility index (Phi) is 30.1. The number of carbonyl (C=O) groups excluding carboxylic acids is 5. The van der Waals surface area contributed by atoms with E-state index in [2.05, 4.69) is 24.5 Å². The van der Waals surface area contributed by atoms with Crippen LogP contribution in [0.3, 0.4) is 0 Å². The van der Waals surface area contributed by atoms with Gasteiger partial charge in [-0.05, 0) is 188 Å². The molecule has 20 nitrogen and oxygen atoms in total. The van der Waals surface area contributed by atoms with E-state index in [9.17, 15) is 50.3 Å². The fraction of sp³-hybridized carbons (Fsp3) is 0.333. The number of nitrogens with zero attached hydrogens (tertiary/aromatic N) is 10. The molecule has 2 unspecified atom stereocenters. The summed E-state index contributed by atoms with van der Waals surface area (Å²) in [5.41, 5.74) is 3.28. The summed E-state index contributed by atoms with van der Waals surface area (Å²) in [5.74, 6) is -6.79. The first kappa shape index (κ1) is 74.3. The van der Waals surface area contributed by atoms with Crippen molar-refractivity contribution in [2.24, 2.45) is 0 Å². The average molecular weight is 1280 g/mol. The van der Waals surface area contributed by atoms with E-state index >= 15 is 0 Å². The minimum Gasteiger partial charge on any atom is -0.457 e. The predicted molar refractivity (Wildman–Crippen MR) is 370 cm³/mol. The van der Waals surface area contributed by atoms with E-state index in [0.717, 1.165) is 28.4 Å². The van der Waals surface area contributed by atoms with Gasteiger partial charge >= 0.3 is 29.8 Å². The van der Waals surface area contributed by atoms with E-state index in [1.165, 1.54) is 30.4 Å². The molecule has 0 aliphatic carbocycles. The summed E-state index contributed by atoms with van der Waals surface area (Å²) in [6.45, 7) is 24.6. The SMILES string of the molecule is CCN(CC)c1ccc(/C=C(\C#N)C(=O)OCC(OC(=O)/C(C#N)=C/c2ccc(N(CC)CC)cc2)C(OC(=O)/C(C#N)=C/c2ccc(N(CC)CC)cc2)C(COC(=O)/C(C#N)=C/c2ccc(N(CC)CC)cc2)OC(=O)/C(C#N)=C/c2ccc(N(CC)CC)cc2)cc1. The smallest absolute Gasteiger partial charge is 0.349 e. The number of nitriles is 5. The van der Waals surface area contributed by atoms with Crippen LogP contribution in [0.1, 0.15) is 97.1 Å². The number of esters is 5. The summed E-state index contributed by atoms with van der Waals surface area (Å²) in [4.78, 5) is 83.3. The Morgan fingerprint density at radius 3 is 0.663 bits per heavy atom. The van der Waals surface area contributed by atoms with Crippen molar-refractivity contribution in [3.63, 3.8) is 0 Å². The minimum absolute atomic E-state index is 0.361. The molecule has 0 heterocycles. The van der Waals surface area contributed by atoms with Crippen LogP contribution in [0.5, 0.6) is 0 Å². The summed E-state index contributed by atoms with van der Waals surface area (Å²) in [5, 5.41) is 52.8. The van der Waals surface area contributed by atoms with Gasteiger partial charge in [0.25, 0.3) is 0 Å². The van der Waals surface area contributed by atoms with Crippen LogP contribution in [0.25, 0.3) is 30.4 Å². The number of ether oxygens (including phenoxy) is 5. The zero-order chi connectivity index (χ0) is 69.4. The predicted octanol–water partition coefficient (Wildman–Crippen LogP) is 12.1. The van der Waals surface area contributed by atoms with Crippen LogP contribution in [0, 0.1) is 56.7 Å². The van der Waals surface area contributed by atoms with E-state index in [4.69, 9.17) is 23.7 Å². The molecular weight excluding hydrogens is 1200 g/mol. The van der Waals surface area contributed by atoms with E-state index in [1.807, 2.05) is 124 Å². The first-order valence-electron chi connectivity index (χ1n) is 31.8. The second kappa shape index (κ2) is 38.5. The molecule has 0 saturated heterocycles. The van der Waals surface area contributed by atoms with E-state index in [1.54, 1.807) is 97.1 Å².